The smallest absolute Gasteiger partial charge is 0.260 e. The highest BCUT2D eigenvalue weighted by atomic mass is 19.1. The van der Waals surface area contributed by atoms with E-state index >= 15 is 0 Å². The molecule has 0 atom stereocenters. The van der Waals surface area contributed by atoms with Crippen molar-refractivity contribution in [3.8, 4) is 5.88 Å². The van der Waals surface area contributed by atoms with Crippen molar-refractivity contribution in [1.82, 2.24) is 19.6 Å². The molecule has 0 saturated heterocycles. The predicted molar refractivity (Wildman–Crippen MR) is 64.2 cm³/mol. The highest BCUT2D eigenvalue weighted by molar-refractivity contribution is 5.79. The molecule has 0 N–H and O–H groups in total. The van der Waals surface area contributed by atoms with E-state index in [-0.39, 0.29) is 5.82 Å². The van der Waals surface area contributed by atoms with Crippen LogP contribution in [0.1, 0.15) is 12.7 Å². The van der Waals surface area contributed by atoms with E-state index in [0.29, 0.717) is 17.0 Å². The summed E-state index contributed by atoms with van der Waals surface area (Å²) in [7, 11) is 1.51. The molecule has 2 heterocycles. The number of nitrogens with zero attached hydrogens (tertiary/aromatic N) is 4. The van der Waals surface area contributed by atoms with E-state index in [4.69, 9.17) is 4.74 Å². The van der Waals surface area contributed by atoms with Crippen molar-refractivity contribution in [1.29, 1.82) is 0 Å². The minimum absolute atomic E-state index is 0.331. The number of aromatic nitrogens is 4. The van der Waals surface area contributed by atoms with E-state index in [1.54, 1.807) is 6.07 Å². The van der Waals surface area contributed by atoms with Crippen LogP contribution in [0.15, 0.2) is 18.2 Å². The van der Waals surface area contributed by atoms with Crippen LogP contribution in [0.4, 0.5) is 4.39 Å². The van der Waals surface area contributed by atoms with Crippen molar-refractivity contribution in [3.63, 3.8) is 0 Å². The van der Waals surface area contributed by atoms with Crippen LogP contribution in [-0.2, 0) is 6.42 Å². The van der Waals surface area contributed by atoms with Gasteiger partial charge in [-0.15, -0.1) is 10.2 Å². The maximum atomic E-state index is 13.3. The Kier molecular flexibility index (Phi) is 2.36. The molecule has 5 nitrogen and oxygen atoms in total. The molecule has 6 heteroatoms. The monoisotopic (exact) mass is 246 g/mol. The molecule has 92 valence electrons. The van der Waals surface area contributed by atoms with Gasteiger partial charge in [-0.1, -0.05) is 6.92 Å². The first-order valence-corrected chi connectivity index (χ1v) is 5.62. The Bertz CT molecular complexity index is 738. The second kappa shape index (κ2) is 3.90. The first kappa shape index (κ1) is 10.9. The van der Waals surface area contributed by atoms with Gasteiger partial charge in [-0.2, -0.15) is 0 Å². The van der Waals surface area contributed by atoms with Gasteiger partial charge in [-0.25, -0.2) is 9.37 Å². The maximum absolute atomic E-state index is 13.3. The van der Waals surface area contributed by atoms with Crippen molar-refractivity contribution >= 4 is 16.7 Å². The molecule has 0 radical (unpaired) electrons. The molecule has 1 aromatic carbocycles. The predicted octanol–water partition coefficient (Wildman–Crippen LogP) is 1.99. The van der Waals surface area contributed by atoms with Gasteiger partial charge in [0.05, 0.1) is 18.1 Å². The first-order chi connectivity index (χ1) is 8.74. The second-order valence-corrected chi connectivity index (χ2v) is 3.88. The lowest BCUT2D eigenvalue weighted by molar-refractivity contribution is 0.402. The number of rotatable bonds is 2. The fourth-order valence-corrected chi connectivity index (χ4v) is 2.01. The summed E-state index contributed by atoms with van der Waals surface area (Å²) in [6.45, 7) is 1.98. The van der Waals surface area contributed by atoms with Crippen LogP contribution in [0.2, 0.25) is 0 Å². The summed E-state index contributed by atoms with van der Waals surface area (Å²) >= 11 is 0. The molecule has 0 spiro atoms. The van der Waals surface area contributed by atoms with Crippen LogP contribution in [-0.4, -0.2) is 26.7 Å². The standard InChI is InChI=1S/C12H11FN4O/c1-3-10-15-16-11-12(18-2)14-8-6-7(13)4-5-9(8)17(10)11/h4-6H,3H2,1-2H3. The number of hydrogen-bond donors (Lipinski definition) is 0. The number of fused-ring (bicyclic) bond motifs is 3. The third-order valence-electron chi connectivity index (χ3n) is 2.83. The second-order valence-electron chi connectivity index (χ2n) is 3.88. The minimum atomic E-state index is -0.331. The van der Waals surface area contributed by atoms with Crippen molar-refractivity contribution < 1.29 is 9.13 Å². The lowest BCUT2D eigenvalue weighted by Gasteiger charge is -2.06. The Labute approximate surface area is 102 Å². The van der Waals surface area contributed by atoms with Crippen molar-refractivity contribution in [2.75, 3.05) is 7.11 Å². The Balaban J connectivity index is 2.52. The van der Waals surface area contributed by atoms with Gasteiger partial charge in [0.2, 0.25) is 5.65 Å². The molecule has 3 aromatic rings. The summed E-state index contributed by atoms with van der Waals surface area (Å²) in [6.07, 6.45) is 0.723. The van der Waals surface area contributed by atoms with Gasteiger partial charge in [-0.05, 0) is 12.1 Å². The summed E-state index contributed by atoms with van der Waals surface area (Å²) in [5, 5.41) is 8.16. The van der Waals surface area contributed by atoms with E-state index in [1.165, 1.54) is 19.2 Å². The fraction of sp³-hybridized carbons (Fsp3) is 0.250. The number of aryl methyl sites for hydroxylation is 1. The number of benzene rings is 1. The maximum Gasteiger partial charge on any atom is 0.260 e. The highest BCUT2D eigenvalue weighted by Gasteiger charge is 2.14. The molecule has 0 bridgehead atoms. The van der Waals surface area contributed by atoms with Gasteiger partial charge in [0, 0.05) is 12.5 Å². The summed E-state index contributed by atoms with van der Waals surface area (Å²) in [5.74, 6) is 0.810. The Morgan fingerprint density at radius 1 is 1.33 bits per heavy atom. The first-order valence-electron chi connectivity index (χ1n) is 5.62. The van der Waals surface area contributed by atoms with Crippen LogP contribution in [0.5, 0.6) is 5.88 Å². The zero-order chi connectivity index (χ0) is 12.7. The molecule has 18 heavy (non-hydrogen) atoms. The topological polar surface area (TPSA) is 52.3 Å². The normalized spacial score (nSPS) is 11.3. The molecule has 0 aliphatic carbocycles. The summed E-state index contributed by atoms with van der Waals surface area (Å²) < 4.78 is 20.3. The van der Waals surface area contributed by atoms with E-state index in [9.17, 15) is 4.39 Å². The van der Waals surface area contributed by atoms with Gasteiger partial charge in [-0.3, -0.25) is 4.40 Å². The molecule has 0 fully saturated rings. The third-order valence-corrected chi connectivity index (χ3v) is 2.83. The van der Waals surface area contributed by atoms with Gasteiger partial charge in [0.1, 0.15) is 11.6 Å². The average Bonchev–Trinajstić information content (AvgIpc) is 2.81. The number of halogens is 1. The zero-order valence-corrected chi connectivity index (χ0v) is 10.0. The van der Waals surface area contributed by atoms with Crippen molar-refractivity contribution in [3.05, 3.63) is 29.8 Å². The van der Waals surface area contributed by atoms with E-state index in [1.807, 2.05) is 11.3 Å². The molecular weight excluding hydrogens is 235 g/mol. The van der Waals surface area contributed by atoms with Crippen LogP contribution in [0.3, 0.4) is 0 Å². The quantitative estimate of drug-likeness (QED) is 0.693. The van der Waals surface area contributed by atoms with Crippen molar-refractivity contribution in [2.45, 2.75) is 13.3 Å². The number of methoxy groups -OCH3 is 1. The van der Waals surface area contributed by atoms with Crippen LogP contribution in [0.25, 0.3) is 16.7 Å². The molecule has 0 amide bonds. The van der Waals surface area contributed by atoms with E-state index < -0.39 is 0 Å². The summed E-state index contributed by atoms with van der Waals surface area (Å²) in [5.41, 5.74) is 1.84. The minimum Gasteiger partial charge on any atom is -0.478 e. The molecular formula is C12H11FN4O. The molecule has 3 rings (SSSR count). The average molecular weight is 246 g/mol. The van der Waals surface area contributed by atoms with Crippen molar-refractivity contribution in [2.24, 2.45) is 0 Å². The van der Waals surface area contributed by atoms with Crippen LogP contribution in [0, 0.1) is 5.82 Å². The van der Waals surface area contributed by atoms with Gasteiger partial charge in [0.25, 0.3) is 5.88 Å². The van der Waals surface area contributed by atoms with Crippen LogP contribution >= 0.6 is 0 Å². The van der Waals surface area contributed by atoms with Gasteiger partial charge >= 0.3 is 0 Å². The third kappa shape index (κ3) is 1.42. The Hall–Kier alpha value is -2.24. The van der Waals surface area contributed by atoms with Gasteiger partial charge in [0.15, 0.2) is 0 Å². The number of ether oxygens (including phenoxy) is 1. The SMILES string of the molecule is CCc1nnc2c(OC)nc3cc(F)ccc3n12. The fourth-order valence-electron chi connectivity index (χ4n) is 2.01. The summed E-state index contributed by atoms with van der Waals surface area (Å²) in [6, 6.07) is 4.44. The largest absolute Gasteiger partial charge is 0.478 e. The lowest BCUT2D eigenvalue weighted by Crippen LogP contribution is -2.00. The molecule has 0 unspecified atom stereocenters. The van der Waals surface area contributed by atoms with Gasteiger partial charge < -0.3 is 4.74 Å². The van der Waals surface area contributed by atoms with E-state index in [0.717, 1.165) is 17.8 Å². The van der Waals surface area contributed by atoms with E-state index in [2.05, 4.69) is 15.2 Å². The molecule has 0 aliphatic rings. The number of hydrogen-bond acceptors (Lipinski definition) is 4. The highest BCUT2D eigenvalue weighted by Crippen LogP contribution is 2.23. The molecule has 0 aliphatic heterocycles. The lowest BCUT2D eigenvalue weighted by atomic mass is 10.3. The zero-order valence-electron chi connectivity index (χ0n) is 10.0. The molecule has 2 aromatic heterocycles. The molecule has 0 saturated carbocycles. The van der Waals surface area contributed by atoms with Crippen LogP contribution < -0.4 is 4.74 Å². The Morgan fingerprint density at radius 2 is 2.17 bits per heavy atom. The summed E-state index contributed by atoms with van der Waals surface area (Å²) in [4.78, 5) is 4.24. The Morgan fingerprint density at radius 3 is 2.89 bits per heavy atom.